The molecule has 0 atom stereocenters. The van der Waals surface area contributed by atoms with Crippen LogP contribution in [0, 0.1) is 0 Å². The van der Waals surface area contributed by atoms with Crippen LogP contribution >= 0.6 is 23.2 Å². The molecule has 29 heavy (non-hydrogen) atoms. The Labute approximate surface area is 177 Å². The zero-order valence-electron chi connectivity index (χ0n) is 14.7. The number of carbonyl (C=O) groups is 1. The van der Waals surface area contributed by atoms with E-state index in [0.29, 0.717) is 21.3 Å². The van der Waals surface area contributed by atoms with Gasteiger partial charge in [0, 0.05) is 24.2 Å². The van der Waals surface area contributed by atoms with Gasteiger partial charge >= 0.3 is 0 Å². The van der Waals surface area contributed by atoms with E-state index in [9.17, 15) is 13.2 Å². The summed E-state index contributed by atoms with van der Waals surface area (Å²) in [6.07, 6.45) is 5.77. The Hall–Kier alpha value is -2.94. The maximum atomic E-state index is 12.3. The molecule has 0 aliphatic carbocycles. The van der Waals surface area contributed by atoms with Crippen LogP contribution in [0.1, 0.15) is 5.56 Å². The molecule has 0 fully saturated rings. The first-order chi connectivity index (χ1) is 13.8. The number of hydrogen-bond acceptors (Lipinski definition) is 5. The summed E-state index contributed by atoms with van der Waals surface area (Å²) >= 11 is 11.8. The normalized spacial score (nSPS) is 11.4. The number of halogens is 2. The third-order valence-corrected chi connectivity index (χ3v) is 5.68. The molecular formula is C19H14Cl2N4O3S. The van der Waals surface area contributed by atoms with Gasteiger partial charge in [0.15, 0.2) is 0 Å². The van der Waals surface area contributed by atoms with Crippen molar-refractivity contribution in [3.05, 3.63) is 82.6 Å². The quantitative estimate of drug-likeness (QED) is 0.549. The lowest BCUT2D eigenvalue weighted by Gasteiger charge is -2.07. The number of sulfonamides is 1. The summed E-state index contributed by atoms with van der Waals surface area (Å²) in [5.74, 6) is -0.417. The minimum Gasteiger partial charge on any atom is -0.323 e. The van der Waals surface area contributed by atoms with Gasteiger partial charge < -0.3 is 5.32 Å². The predicted molar refractivity (Wildman–Crippen MR) is 113 cm³/mol. The van der Waals surface area contributed by atoms with Crippen molar-refractivity contribution in [2.24, 2.45) is 0 Å². The number of hydrogen-bond donors (Lipinski definition) is 2. The van der Waals surface area contributed by atoms with Gasteiger partial charge in [-0.15, -0.1) is 0 Å². The first-order valence-corrected chi connectivity index (χ1v) is 10.4. The molecule has 1 aromatic heterocycles. The summed E-state index contributed by atoms with van der Waals surface area (Å²) in [6.45, 7) is 0. The van der Waals surface area contributed by atoms with E-state index in [1.165, 1.54) is 42.7 Å². The second kappa shape index (κ2) is 9.04. The van der Waals surface area contributed by atoms with E-state index >= 15 is 0 Å². The monoisotopic (exact) mass is 448 g/mol. The average molecular weight is 449 g/mol. The molecule has 1 heterocycles. The SMILES string of the molecule is O=C(/C=C/c1ccc(Cl)c(Cl)c1)Nc1ccc(S(=O)(=O)Nc2ncccn2)cc1. The lowest BCUT2D eigenvalue weighted by molar-refractivity contribution is -0.111. The van der Waals surface area contributed by atoms with Crippen LogP contribution in [0.2, 0.25) is 10.0 Å². The van der Waals surface area contributed by atoms with E-state index < -0.39 is 10.0 Å². The van der Waals surface area contributed by atoms with Gasteiger partial charge in [-0.3, -0.25) is 4.79 Å². The maximum Gasteiger partial charge on any atom is 0.264 e. The second-order valence-electron chi connectivity index (χ2n) is 5.70. The standard InChI is InChI=1S/C19H14Cl2N4O3S/c20-16-8-2-13(12-17(16)21)3-9-18(26)24-14-4-6-15(7-5-14)29(27,28)25-19-22-10-1-11-23-19/h1-12H,(H,24,26)(H,22,23,25)/b9-3+. The van der Waals surface area contributed by atoms with Crippen molar-refractivity contribution in [2.45, 2.75) is 4.90 Å². The van der Waals surface area contributed by atoms with Crippen molar-refractivity contribution < 1.29 is 13.2 Å². The summed E-state index contributed by atoms with van der Waals surface area (Å²) < 4.78 is 26.9. The van der Waals surface area contributed by atoms with Gasteiger partial charge in [0.25, 0.3) is 10.0 Å². The Morgan fingerprint density at radius 3 is 2.31 bits per heavy atom. The van der Waals surface area contributed by atoms with Gasteiger partial charge in [0.05, 0.1) is 14.9 Å². The van der Waals surface area contributed by atoms with Crippen LogP contribution in [-0.2, 0) is 14.8 Å². The molecule has 0 radical (unpaired) electrons. The van der Waals surface area contributed by atoms with Crippen LogP contribution in [0.25, 0.3) is 6.08 Å². The molecule has 0 unspecified atom stereocenters. The highest BCUT2D eigenvalue weighted by atomic mass is 35.5. The molecule has 2 aromatic carbocycles. The summed E-state index contributed by atoms with van der Waals surface area (Å²) in [6, 6.07) is 12.3. The molecule has 10 heteroatoms. The summed E-state index contributed by atoms with van der Waals surface area (Å²) in [7, 11) is -3.84. The Morgan fingerprint density at radius 1 is 0.966 bits per heavy atom. The van der Waals surface area contributed by atoms with Gasteiger partial charge in [-0.1, -0.05) is 29.3 Å². The van der Waals surface area contributed by atoms with E-state index in [-0.39, 0.29) is 16.8 Å². The topological polar surface area (TPSA) is 101 Å². The summed E-state index contributed by atoms with van der Waals surface area (Å²) in [4.78, 5) is 19.7. The molecule has 0 aliphatic heterocycles. The highest BCUT2D eigenvalue weighted by molar-refractivity contribution is 7.92. The minimum atomic E-state index is -3.84. The molecule has 2 N–H and O–H groups in total. The zero-order valence-corrected chi connectivity index (χ0v) is 17.0. The van der Waals surface area contributed by atoms with Crippen molar-refractivity contribution >= 4 is 56.8 Å². The Kier molecular flexibility index (Phi) is 6.48. The van der Waals surface area contributed by atoms with E-state index in [2.05, 4.69) is 20.0 Å². The number of aromatic nitrogens is 2. The van der Waals surface area contributed by atoms with Gasteiger partial charge in [-0.2, -0.15) is 0 Å². The minimum absolute atomic E-state index is 0.00861. The van der Waals surface area contributed by atoms with Crippen LogP contribution in [0.5, 0.6) is 0 Å². The molecule has 0 aliphatic rings. The predicted octanol–water partition coefficient (Wildman–Crippen LogP) is 4.24. The number of amides is 1. The second-order valence-corrected chi connectivity index (χ2v) is 8.20. The summed E-state index contributed by atoms with van der Waals surface area (Å²) in [5.41, 5.74) is 1.15. The van der Waals surface area contributed by atoms with Gasteiger partial charge in [-0.05, 0) is 54.1 Å². The molecule has 3 aromatic rings. The molecule has 0 saturated heterocycles. The van der Waals surface area contributed by atoms with Crippen molar-refractivity contribution in [1.29, 1.82) is 0 Å². The van der Waals surface area contributed by atoms with Gasteiger partial charge in [-0.25, -0.2) is 23.1 Å². The molecular weight excluding hydrogens is 435 g/mol. The van der Waals surface area contributed by atoms with E-state index in [1.807, 2.05) is 0 Å². The van der Waals surface area contributed by atoms with Crippen LogP contribution in [-0.4, -0.2) is 24.3 Å². The lowest BCUT2D eigenvalue weighted by atomic mass is 10.2. The van der Waals surface area contributed by atoms with Crippen molar-refractivity contribution in [1.82, 2.24) is 9.97 Å². The third kappa shape index (κ3) is 5.77. The average Bonchev–Trinajstić information content (AvgIpc) is 2.70. The highest BCUT2D eigenvalue weighted by Gasteiger charge is 2.15. The molecule has 1 amide bonds. The molecule has 7 nitrogen and oxygen atoms in total. The number of nitrogens with zero attached hydrogens (tertiary/aromatic N) is 2. The fourth-order valence-electron chi connectivity index (χ4n) is 2.22. The first-order valence-electron chi connectivity index (χ1n) is 8.17. The number of carbonyl (C=O) groups excluding carboxylic acids is 1. The fraction of sp³-hybridized carbons (Fsp3) is 0. The number of benzene rings is 2. The number of nitrogens with one attached hydrogen (secondary N) is 2. The van der Waals surface area contributed by atoms with Gasteiger partial charge in [0.1, 0.15) is 0 Å². The first kappa shape index (κ1) is 20.8. The van der Waals surface area contributed by atoms with Crippen LogP contribution in [0.15, 0.2) is 71.9 Å². The smallest absolute Gasteiger partial charge is 0.264 e. The molecule has 0 bridgehead atoms. The Bertz CT molecular complexity index is 1150. The van der Waals surface area contributed by atoms with Crippen molar-refractivity contribution in [2.75, 3.05) is 10.0 Å². The van der Waals surface area contributed by atoms with Crippen molar-refractivity contribution in [3.8, 4) is 0 Å². The molecule has 3 rings (SSSR count). The fourth-order valence-corrected chi connectivity index (χ4v) is 3.48. The number of rotatable bonds is 6. The maximum absolute atomic E-state index is 12.3. The highest BCUT2D eigenvalue weighted by Crippen LogP contribution is 2.23. The molecule has 148 valence electrons. The molecule has 0 spiro atoms. The number of anilines is 2. The van der Waals surface area contributed by atoms with Crippen LogP contribution < -0.4 is 10.0 Å². The third-order valence-electron chi connectivity index (χ3n) is 3.59. The van der Waals surface area contributed by atoms with Crippen molar-refractivity contribution in [3.63, 3.8) is 0 Å². The van der Waals surface area contributed by atoms with E-state index in [4.69, 9.17) is 23.2 Å². The summed E-state index contributed by atoms with van der Waals surface area (Å²) in [5, 5.41) is 3.46. The van der Waals surface area contributed by atoms with Gasteiger partial charge in [0.2, 0.25) is 11.9 Å². The Morgan fingerprint density at radius 2 is 1.66 bits per heavy atom. The van der Waals surface area contributed by atoms with E-state index in [1.54, 1.807) is 30.3 Å². The van der Waals surface area contributed by atoms with Crippen LogP contribution in [0.3, 0.4) is 0 Å². The zero-order chi connectivity index (χ0) is 20.9. The Balaban J connectivity index is 1.64. The van der Waals surface area contributed by atoms with Crippen LogP contribution in [0.4, 0.5) is 11.6 Å². The molecule has 0 saturated carbocycles. The lowest BCUT2D eigenvalue weighted by Crippen LogP contribution is -2.15. The largest absolute Gasteiger partial charge is 0.323 e. The van der Waals surface area contributed by atoms with E-state index in [0.717, 1.165) is 0 Å².